The van der Waals surface area contributed by atoms with Gasteiger partial charge in [0.25, 0.3) is 5.69 Å². The number of nitro benzene ring substituents is 1. The fraction of sp³-hybridized carbons (Fsp3) is 0. The summed E-state index contributed by atoms with van der Waals surface area (Å²) >= 11 is 11.9. The average Bonchev–Trinajstić information content (AvgIpc) is 2.99. The van der Waals surface area contributed by atoms with Crippen LogP contribution >= 0.6 is 23.2 Å². The molecule has 0 saturated heterocycles. The molecule has 0 aliphatic heterocycles. The van der Waals surface area contributed by atoms with E-state index in [1.165, 1.54) is 16.9 Å². The van der Waals surface area contributed by atoms with Crippen LogP contribution in [-0.2, 0) is 0 Å². The third-order valence-corrected chi connectivity index (χ3v) is 3.81. The Bertz CT molecular complexity index is 864. The first-order valence-electron chi connectivity index (χ1n) is 6.18. The molecule has 0 spiro atoms. The van der Waals surface area contributed by atoms with Crippen molar-refractivity contribution in [2.75, 3.05) is 0 Å². The minimum atomic E-state index is -0.443. The number of para-hydroxylation sites is 1. The zero-order chi connectivity index (χ0) is 15.7. The Morgan fingerprint density at radius 1 is 1.09 bits per heavy atom. The van der Waals surface area contributed by atoms with E-state index in [2.05, 4.69) is 10.3 Å². The molecule has 2 aromatic carbocycles. The predicted molar refractivity (Wildman–Crippen MR) is 83.5 cm³/mol. The quantitative estimate of drug-likeness (QED) is 0.532. The van der Waals surface area contributed by atoms with Gasteiger partial charge in [0.15, 0.2) is 0 Å². The predicted octanol–water partition coefficient (Wildman–Crippen LogP) is 4.15. The van der Waals surface area contributed by atoms with Crippen LogP contribution in [-0.4, -0.2) is 19.9 Å². The van der Waals surface area contributed by atoms with Crippen molar-refractivity contribution in [3.63, 3.8) is 0 Å². The van der Waals surface area contributed by atoms with E-state index in [-0.39, 0.29) is 5.69 Å². The molecule has 0 aliphatic carbocycles. The van der Waals surface area contributed by atoms with Crippen molar-refractivity contribution >= 4 is 28.9 Å². The van der Waals surface area contributed by atoms with Crippen LogP contribution in [0.1, 0.15) is 0 Å². The number of benzene rings is 2. The smallest absolute Gasteiger partial charge is 0.258 e. The third kappa shape index (κ3) is 2.54. The Hall–Kier alpha value is -2.44. The summed E-state index contributed by atoms with van der Waals surface area (Å²) in [5, 5.41) is 19.8. The molecule has 0 amide bonds. The molecule has 110 valence electrons. The lowest BCUT2D eigenvalue weighted by Gasteiger charge is -2.07. The topological polar surface area (TPSA) is 73.8 Å². The molecule has 6 nitrogen and oxygen atoms in total. The van der Waals surface area contributed by atoms with E-state index < -0.39 is 4.92 Å². The number of rotatable bonds is 3. The molecule has 0 bridgehead atoms. The van der Waals surface area contributed by atoms with Crippen LogP contribution in [0.25, 0.3) is 16.9 Å². The summed E-state index contributed by atoms with van der Waals surface area (Å²) in [4.78, 5) is 10.7. The first-order chi connectivity index (χ1) is 10.6. The summed E-state index contributed by atoms with van der Waals surface area (Å²) in [6, 6.07) is 11.4. The maximum Gasteiger partial charge on any atom is 0.278 e. The van der Waals surface area contributed by atoms with Gasteiger partial charge in [0.1, 0.15) is 5.69 Å². The zero-order valence-electron chi connectivity index (χ0n) is 11.0. The maximum atomic E-state index is 11.2. The fourth-order valence-corrected chi connectivity index (χ4v) is 2.37. The highest BCUT2D eigenvalue weighted by Gasteiger charge is 2.19. The lowest BCUT2D eigenvalue weighted by Crippen LogP contribution is -2.01. The van der Waals surface area contributed by atoms with Gasteiger partial charge in [-0.3, -0.25) is 10.1 Å². The van der Waals surface area contributed by atoms with E-state index in [0.717, 1.165) is 0 Å². The molecule has 22 heavy (non-hydrogen) atoms. The lowest BCUT2D eigenvalue weighted by atomic mass is 10.1. The van der Waals surface area contributed by atoms with E-state index >= 15 is 0 Å². The van der Waals surface area contributed by atoms with Crippen LogP contribution in [0.15, 0.2) is 48.7 Å². The highest BCUT2D eigenvalue weighted by molar-refractivity contribution is 6.42. The van der Waals surface area contributed by atoms with Crippen molar-refractivity contribution in [2.24, 2.45) is 0 Å². The van der Waals surface area contributed by atoms with Gasteiger partial charge in [0.2, 0.25) is 0 Å². The molecule has 3 rings (SSSR count). The Balaban J connectivity index is 2.18. The molecular weight excluding hydrogens is 327 g/mol. The number of hydrogen-bond donors (Lipinski definition) is 0. The molecule has 0 atom stereocenters. The van der Waals surface area contributed by atoms with Gasteiger partial charge >= 0.3 is 0 Å². The molecule has 1 aromatic heterocycles. The number of aromatic nitrogens is 3. The summed E-state index contributed by atoms with van der Waals surface area (Å²) in [7, 11) is 0. The maximum absolute atomic E-state index is 11.2. The average molecular weight is 335 g/mol. The Morgan fingerprint density at radius 2 is 1.86 bits per heavy atom. The molecule has 0 fully saturated rings. The zero-order valence-corrected chi connectivity index (χ0v) is 12.5. The molecule has 0 N–H and O–H groups in total. The SMILES string of the molecule is O=[N+]([O-])c1ccccc1-c1cnnn1-c1ccc(Cl)c(Cl)c1. The summed E-state index contributed by atoms with van der Waals surface area (Å²) in [6.45, 7) is 0. The Morgan fingerprint density at radius 3 is 2.59 bits per heavy atom. The molecule has 0 aliphatic rings. The van der Waals surface area contributed by atoms with Crippen molar-refractivity contribution < 1.29 is 4.92 Å². The summed E-state index contributed by atoms with van der Waals surface area (Å²) in [5.41, 5.74) is 1.50. The summed E-state index contributed by atoms with van der Waals surface area (Å²) in [6.07, 6.45) is 1.46. The molecule has 8 heteroatoms. The summed E-state index contributed by atoms with van der Waals surface area (Å²) < 4.78 is 1.48. The molecule has 1 heterocycles. The molecule has 0 saturated carbocycles. The van der Waals surface area contributed by atoms with Gasteiger partial charge in [-0.05, 0) is 24.3 Å². The second-order valence-electron chi connectivity index (χ2n) is 4.40. The largest absolute Gasteiger partial charge is 0.278 e. The van der Waals surface area contributed by atoms with Crippen molar-refractivity contribution in [3.05, 3.63) is 68.8 Å². The van der Waals surface area contributed by atoms with Gasteiger partial charge in [-0.25, -0.2) is 4.68 Å². The van der Waals surface area contributed by atoms with Crippen LogP contribution < -0.4 is 0 Å². The minimum absolute atomic E-state index is 0.0221. The van der Waals surface area contributed by atoms with Gasteiger partial charge in [0.05, 0.1) is 32.4 Å². The van der Waals surface area contributed by atoms with E-state index in [1.54, 1.807) is 36.4 Å². The van der Waals surface area contributed by atoms with E-state index in [0.29, 0.717) is 27.0 Å². The highest BCUT2D eigenvalue weighted by Crippen LogP contribution is 2.31. The van der Waals surface area contributed by atoms with Crippen molar-refractivity contribution in [3.8, 4) is 16.9 Å². The van der Waals surface area contributed by atoms with Crippen LogP contribution in [0, 0.1) is 10.1 Å². The van der Waals surface area contributed by atoms with Crippen LogP contribution in [0.2, 0.25) is 10.0 Å². The van der Waals surface area contributed by atoms with Crippen molar-refractivity contribution in [1.82, 2.24) is 15.0 Å². The van der Waals surface area contributed by atoms with Gasteiger partial charge in [-0.2, -0.15) is 0 Å². The number of halogens is 2. The van der Waals surface area contributed by atoms with Crippen LogP contribution in [0.5, 0.6) is 0 Å². The monoisotopic (exact) mass is 334 g/mol. The molecule has 3 aromatic rings. The van der Waals surface area contributed by atoms with E-state index in [1.807, 2.05) is 0 Å². The van der Waals surface area contributed by atoms with Crippen molar-refractivity contribution in [1.29, 1.82) is 0 Å². The van der Waals surface area contributed by atoms with Crippen molar-refractivity contribution in [2.45, 2.75) is 0 Å². The summed E-state index contributed by atoms with van der Waals surface area (Å²) in [5.74, 6) is 0. The number of nitrogens with zero attached hydrogens (tertiary/aromatic N) is 4. The third-order valence-electron chi connectivity index (χ3n) is 3.07. The van der Waals surface area contributed by atoms with Crippen LogP contribution in [0.4, 0.5) is 5.69 Å². The lowest BCUT2D eigenvalue weighted by molar-refractivity contribution is -0.384. The minimum Gasteiger partial charge on any atom is -0.258 e. The fourth-order valence-electron chi connectivity index (χ4n) is 2.08. The van der Waals surface area contributed by atoms with Gasteiger partial charge in [0, 0.05) is 6.07 Å². The number of hydrogen-bond acceptors (Lipinski definition) is 4. The molecule has 0 unspecified atom stereocenters. The Kier molecular flexibility index (Phi) is 3.79. The second-order valence-corrected chi connectivity index (χ2v) is 5.22. The number of nitro groups is 1. The molecular formula is C14H8Cl2N4O2. The molecule has 0 radical (unpaired) electrons. The standard InChI is InChI=1S/C14H8Cl2N4O2/c15-11-6-5-9(7-12(11)16)19-14(8-17-18-19)10-3-1-2-4-13(10)20(21)22/h1-8H. The first kappa shape index (κ1) is 14.5. The highest BCUT2D eigenvalue weighted by atomic mass is 35.5. The van der Waals surface area contributed by atoms with Gasteiger partial charge in [-0.1, -0.05) is 40.5 Å². The van der Waals surface area contributed by atoms with E-state index in [4.69, 9.17) is 23.2 Å². The van der Waals surface area contributed by atoms with E-state index in [9.17, 15) is 10.1 Å². The van der Waals surface area contributed by atoms with Crippen LogP contribution in [0.3, 0.4) is 0 Å². The first-order valence-corrected chi connectivity index (χ1v) is 6.93. The van der Waals surface area contributed by atoms with Gasteiger partial charge < -0.3 is 0 Å². The normalized spacial score (nSPS) is 10.6. The second kappa shape index (κ2) is 5.75. The van der Waals surface area contributed by atoms with Gasteiger partial charge in [-0.15, -0.1) is 5.10 Å². The Labute approximate surface area is 135 Å².